The second-order valence-corrected chi connectivity index (χ2v) is 3.63. The van der Waals surface area contributed by atoms with Gasteiger partial charge in [-0.05, 0) is 31.5 Å². The summed E-state index contributed by atoms with van der Waals surface area (Å²) >= 11 is 5.61. The van der Waals surface area contributed by atoms with Crippen molar-refractivity contribution in [2.24, 2.45) is 0 Å². The van der Waals surface area contributed by atoms with Crippen LogP contribution in [0.2, 0.25) is 5.02 Å². The first-order chi connectivity index (χ1) is 7.20. The molecule has 16 heavy (non-hydrogen) atoms. The molecule has 1 aromatic carbocycles. The summed E-state index contributed by atoms with van der Waals surface area (Å²) in [5.74, 6) is -1.18. The predicted octanol–water partition coefficient (Wildman–Crippen LogP) is 3.75. The molecule has 2 nitrogen and oxygen atoms in total. The summed E-state index contributed by atoms with van der Waals surface area (Å²) in [6.07, 6.45) is -4.87. The number of ether oxygens (including phenoxy) is 1. The molecule has 88 valence electrons. The van der Waals surface area contributed by atoms with Gasteiger partial charge in [0, 0.05) is 0 Å². The molecule has 0 aromatic heterocycles. The summed E-state index contributed by atoms with van der Waals surface area (Å²) in [5.41, 5.74) is 0.409. The number of benzene rings is 1. The van der Waals surface area contributed by atoms with Gasteiger partial charge < -0.3 is 4.74 Å². The Morgan fingerprint density at radius 1 is 1.38 bits per heavy atom. The third-order valence-electron chi connectivity index (χ3n) is 1.79. The van der Waals surface area contributed by atoms with Gasteiger partial charge in [-0.15, -0.1) is 13.2 Å². The lowest BCUT2D eigenvalue weighted by Crippen LogP contribution is -2.19. The first-order valence-electron chi connectivity index (χ1n) is 4.27. The van der Waals surface area contributed by atoms with E-state index in [9.17, 15) is 18.0 Å². The quantitative estimate of drug-likeness (QED) is 0.750. The molecule has 0 radical (unpaired) electrons. The first kappa shape index (κ1) is 12.8. The molecule has 6 heteroatoms. The zero-order valence-electron chi connectivity index (χ0n) is 8.48. The number of Topliss-reactive ketones (excluding diaryl/α,β-unsaturated/α-hetero) is 1. The van der Waals surface area contributed by atoms with Crippen molar-refractivity contribution in [2.45, 2.75) is 20.2 Å². The summed E-state index contributed by atoms with van der Waals surface area (Å²) in [5, 5.41) is -0.234. The van der Waals surface area contributed by atoms with E-state index in [-0.39, 0.29) is 10.6 Å². The molecule has 0 aliphatic carbocycles. The van der Waals surface area contributed by atoms with E-state index in [1.54, 1.807) is 6.92 Å². The molecule has 0 aliphatic heterocycles. The van der Waals surface area contributed by atoms with Gasteiger partial charge >= 0.3 is 6.36 Å². The van der Waals surface area contributed by atoms with E-state index < -0.39 is 17.9 Å². The van der Waals surface area contributed by atoms with Crippen molar-refractivity contribution in [1.29, 1.82) is 0 Å². The molecule has 0 amide bonds. The van der Waals surface area contributed by atoms with Crippen LogP contribution in [0.4, 0.5) is 13.2 Å². The van der Waals surface area contributed by atoms with Crippen LogP contribution in [-0.4, -0.2) is 12.1 Å². The first-order valence-corrected chi connectivity index (χ1v) is 4.65. The Morgan fingerprint density at radius 3 is 2.38 bits per heavy atom. The molecule has 0 aliphatic rings. The van der Waals surface area contributed by atoms with Crippen molar-refractivity contribution in [3.63, 3.8) is 0 Å². The van der Waals surface area contributed by atoms with Crippen LogP contribution in [0, 0.1) is 6.92 Å². The summed E-state index contributed by atoms with van der Waals surface area (Å²) in [6, 6.07) is 2.60. The van der Waals surface area contributed by atoms with Gasteiger partial charge in [-0.2, -0.15) is 0 Å². The Morgan fingerprint density at radius 2 is 1.94 bits per heavy atom. The average molecular weight is 253 g/mol. The molecule has 0 heterocycles. The van der Waals surface area contributed by atoms with Crippen molar-refractivity contribution in [3.05, 3.63) is 28.3 Å². The number of rotatable bonds is 2. The summed E-state index contributed by atoms with van der Waals surface area (Å²) in [7, 11) is 0. The second kappa shape index (κ2) is 4.33. The van der Waals surface area contributed by atoms with Crippen molar-refractivity contribution >= 4 is 17.4 Å². The number of halogens is 4. The van der Waals surface area contributed by atoms with Crippen LogP contribution in [-0.2, 0) is 0 Å². The maximum atomic E-state index is 12.1. The van der Waals surface area contributed by atoms with E-state index in [1.807, 2.05) is 0 Å². The molecule has 0 bridgehead atoms. The van der Waals surface area contributed by atoms with Gasteiger partial charge in [0.1, 0.15) is 0 Å². The molecule has 1 aromatic rings. The van der Waals surface area contributed by atoms with Gasteiger partial charge in [-0.25, -0.2) is 0 Å². The number of aryl methyl sites for hydroxylation is 1. The van der Waals surface area contributed by atoms with Gasteiger partial charge in [0.05, 0.1) is 10.6 Å². The third kappa shape index (κ3) is 3.13. The van der Waals surface area contributed by atoms with E-state index >= 15 is 0 Å². The van der Waals surface area contributed by atoms with Crippen molar-refractivity contribution in [1.82, 2.24) is 0 Å². The Hall–Kier alpha value is -1.23. The molecule has 0 saturated carbocycles. The number of hydrogen-bond acceptors (Lipinski definition) is 2. The predicted molar refractivity (Wildman–Crippen MR) is 52.9 cm³/mol. The van der Waals surface area contributed by atoms with Crippen LogP contribution >= 0.6 is 11.6 Å². The minimum Gasteiger partial charge on any atom is -0.403 e. The van der Waals surface area contributed by atoms with E-state index in [0.29, 0.717) is 5.56 Å². The normalized spacial score (nSPS) is 11.4. The standard InChI is InChI=1S/C10H8ClF3O2/c1-5-3-7(6(2)15)9(8(11)4-5)16-10(12,13)14/h3-4H,1-2H3. The van der Waals surface area contributed by atoms with Gasteiger partial charge in [-0.3, -0.25) is 4.79 Å². The fraction of sp³-hybridized carbons (Fsp3) is 0.300. The van der Waals surface area contributed by atoms with E-state index in [2.05, 4.69) is 4.74 Å². The smallest absolute Gasteiger partial charge is 0.403 e. The van der Waals surface area contributed by atoms with Gasteiger partial charge in [0.25, 0.3) is 0 Å². The summed E-state index contributed by atoms with van der Waals surface area (Å²) in [6.45, 7) is 2.77. The zero-order chi connectivity index (χ0) is 12.5. The van der Waals surface area contributed by atoms with Crippen molar-refractivity contribution in [2.75, 3.05) is 0 Å². The third-order valence-corrected chi connectivity index (χ3v) is 2.07. The Labute approximate surface area is 95.0 Å². The highest BCUT2D eigenvalue weighted by Crippen LogP contribution is 2.34. The minimum atomic E-state index is -4.87. The van der Waals surface area contributed by atoms with Crippen LogP contribution in [0.1, 0.15) is 22.8 Å². The lowest BCUT2D eigenvalue weighted by molar-refractivity contribution is -0.274. The summed E-state index contributed by atoms with van der Waals surface area (Å²) in [4.78, 5) is 11.2. The van der Waals surface area contributed by atoms with Gasteiger partial charge in [0.2, 0.25) is 0 Å². The SMILES string of the molecule is CC(=O)c1cc(C)cc(Cl)c1OC(F)(F)F. The number of carbonyl (C=O) groups is 1. The van der Waals surface area contributed by atoms with E-state index in [1.165, 1.54) is 12.1 Å². The van der Waals surface area contributed by atoms with Crippen molar-refractivity contribution < 1.29 is 22.7 Å². The molecular formula is C10H8ClF3O2. The average Bonchev–Trinajstić information content (AvgIpc) is 2.07. The zero-order valence-corrected chi connectivity index (χ0v) is 9.24. The highest BCUT2D eigenvalue weighted by molar-refractivity contribution is 6.32. The van der Waals surface area contributed by atoms with Crippen LogP contribution < -0.4 is 4.74 Å². The molecule has 0 spiro atoms. The minimum absolute atomic E-state index is 0.178. The van der Waals surface area contributed by atoms with Gasteiger partial charge in [0.15, 0.2) is 11.5 Å². The molecule has 0 N–H and O–H groups in total. The molecule has 0 unspecified atom stereocenters. The fourth-order valence-electron chi connectivity index (χ4n) is 1.21. The molecule has 1 rings (SSSR count). The monoisotopic (exact) mass is 252 g/mol. The van der Waals surface area contributed by atoms with Gasteiger partial charge in [-0.1, -0.05) is 11.6 Å². The molecule has 0 saturated heterocycles. The number of ketones is 1. The lowest BCUT2D eigenvalue weighted by atomic mass is 10.1. The highest BCUT2D eigenvalue weighted by atomic mass is 35.5. The van der Waals surface area contributed by atoms with E-state index in [4.69, 9.17) is 11.6 Å². The Kier molecular flexibility index (Phi) is 3.48. The van der Waals surface area contributed by atoms with E-state index in [0.717, 1.165) is 6.92 Å². The molecule has 0 fully saturated rings. The number of alkyl halides is 3. The highest BCUT2D eigenvalue weighted by Gasteiger charge is 2.33. The number of carbonyl (C=O) groups excluding carboxylic acids is 1. The van der Waals surface area contributed by atoms with Crippen LogP contribution in [0.25, 0.3) is 0 Å². The fourth-order valence-corrected chi connectivity index (χ4v) is 1.52. The largest absolute Gasteiger partial charge is 0.573 e. The maximum Gasteiger partial charge on any atom is 0.573 e. The summed E-state index contributed by atoms with van der Waals surface area (Å²) < 4.78 is 39.9. The topological polar surface area (TPSA) is 26.3 Å². The maximum absolute atomic E-state index is 12.1. The lowest BCUT2D eigenvalue weighted by Gasteiger charge is -2.14. The van der Waals surface area contributed by atoms with Crippen molar-refractivity contribution in [3.8, 4) is 5.75 Å². The van der Waals surface area contributed by atoms with Crippen LogP contribution in [0.5, 0.6) is 5.75 Å². The molecule has 0 atom stereocenters. The van der Waals surface area contributed by atoms with Crippen LogP contribution in [0.15, 0.2) is 12.1 Å². The molecular weight excluding hydrogens is 245 g/mol. The Balaban J connectivity index is 3.30. The number of hydrogen-bond donors (Lipinski definition) is 0. The second-order valence-electron chi connectivity index (χ2n) is 3.23. The van der Waals surface area contributed by atoms with Crippen LogP contribution in [0.3, 0.4) is 0 Å². The Bertz CT molecular complexity index is 427.